The monoisotopic (exact) mass is 623 g/mol. The van der Waals surface area contributed by atoms with Crippen molar-refractivity contribution in [2.24, 2.45) is 10.9 Å². The summed E-state index contributed by atoms with van der Waals surface area (Å²) in [6.07, 6.45) is 4.48. The molecule has 0 spiro atoms. The smallest absolute Gasteiger partial charge is 0.434 e. The van der Waals surface area contributed by atoms with Gasteiger partial charge in [-0.3, -0.25) is 14.5 Å². The van der Waals surface area contributed by atoms with Crippen LogP contribution in [-0.4, -0.2) is 65.4 Å². The molecule has 1 unspecified atom stereocenters. The van der Waals surface area contributed by atoms with Gasteiger partial charge in [0.1, 0.15) is 17.2 Å². The number of piperidine rings is 1. The highest BCUT2D eigenvalue weighted by atomic mass is 32.1. The number of amides is 5. The molecule has 3 heterocycles. The van der Waals surface area contributed by atoms with Gasteiger partial charge in [0, 0.05) is 31.6 Å². The molecule has 0 aliphatic carbocycles. The van der Waals surface area contributed by atoms with Crippen molar-refractivity contribution in [3.05, 3.63) is 64.7 Å². The number of hydrogen-bond donors (Lipinski definition) is 3. The number of carbonyl (C=O) groups is 4. The van der Waals surface area contributed by atoms with Crippen LogP contribution in [0.4, 0.5) is 15.3 Å². The summed E-state index contributed by atoms with van der Waals surface area (Å²) in [6.45, 7) is 11.7. The van der Waals surface area contributed by atoms with Gasteiger partial charge >= 0.3 is 12.1 Å². The van der Waals surface area contributed by atoms with Gasteiger partial charge in [0.25, 0.3) is 0 Å². The molecular weight excluding hydrogens is 580 g/mol. The molecule has 0 saturated carbocycles. The minimum absolute atomic E-state index is 0.144. The van der Waals surface area contributed by atoms with E-state index in [0.717, 1.165) is 18.4 Å². The Morgan fingerprint density at radius 1 is 1.07 bits per heavy atom. The highest BCUT2D eigenvalue weighted by Gasteiger charge is 2.45. The van der Waals surface area contributed by atoms with Gasteiger partial charge in [-0.1, -0.05) is 25.1 Å². The van der Waals surface area contributed by atoms with Crippen molar-refractivity contribution < 1.29 is 23.9 Å². The molecule has 0 bridgehead atoms. The third kappa shape index (κ3) is 8.11. The maximum atomic E-state index is 14.0. The van der Waals surface area contributed by atoms with Crippen molar-refractivity contribution in [1.82, 2.24) is 25.3 Å². The van der Waals surface area contributed by atoms with Crippen molar-refractivity contribution in [3.63, 3.8) is 0 Å². The third-order valence-electron chi connectivity index (χ3n) is 7.53. The molecule has 3 N–H and O–H groups in total. The Morgan fingerprint density at radius 3 is 2.36 bits per heavy atom. The average Bonchev–Trinajstić information content (AvgIpc) is 3.62. The standard InChI is InChI=1S/C32H42N6O5S/c1-22-12-15-37(16-13-22)30(42)38(24-10-8-7-9-11-24)19-26(33-21-38)35-27(39)25(18-23-14-17-44-20-23)34-28(40)32(5,6)36-29(41)43-31(2,3)4/h7-11,14,17,19-22,25H,12-13,15-16,18H2,1-6H3,(H2-,34,35,36,39,40,41)/p+1/t25-,38?/m1/s1. The summed E-state index contributed by atoms with van der Waals surface area (Å²) in [4.78, 5) is 59.8. The summed E-state index contributed by atoms with van der Waals surface area (Å²) in [5.74, 6) is -0.310. The number of likely N-dealkylation sites (tertiary alicyclic amines) is 1. The maximum Gasteiger partial charge on any atom is 0.434 e. The molecule has 5 amide bonds. The van der Waals surface area contributed by atoms with Crippen LogP contribution in [0.15, 0.2) is 64.2 Å². The highest BCUT2D eigenvalue weighted by Crippen LogP contribution is 2.30. The second kappa shape index (κ2) is 13.3. The number of carbonyl (C=O) groups excluding carboxylic acids is 4. The van der Waals surface area contributed by atoms with Crippen LogP contribution in [0.2, 0.25) is 0 Å². The number of ether oxygens (including phenoxy) is 1. The van der Waals surface area contributed by atoms with Gasteiger partial charge in [0.05, 0.1) is 0 Å². The second-order valence-corrected chi connectivity index (χ2v) is 13.7. The van der Waals surface area contributed by atoms with Crippen LogP contribution in [0.3, 0.4) is 0 Å². The summed E-state index contributed by atoms with van der Waals surface area (Å²) < 4.78 is 5.02. The first kappa shape index (κ1) is 32.9. The molecule has 236 valence electrons. The Balaban J connectivity index is 1.55. The molecule has 1 aromatic carbocycles. The number of rotatable bonds is 8. The minimum atomic E-state index is -1.38. The summed E-state index contributed by atoms with van der Waals surface area (Å²) >= 11 is 1.48. The lowest BCUT2D eigenvalue weighted by atomic mass is 9.99. The Bertz CT molecular complexity index is 1410. The van der Waals surface area contributed by atoms with Crippen LogP contribution in [0.5, 0.6) is 0 Å². The zero-order chi connectivity index (χ0) is 32.1. The molecule has 44 heavy (non-hydrogen) atoms. The molecule has 12 heteroatoms. The van der Waals surface area contributed by atoms with E-state index in [1.807, 2.05) is 52.1 Å². The fourth-order valence-corrected chi connectivity index (χ4v) is 5.64. The Kier molecular flexibility index (Phi) is 9.94. The summed E-state index contributed by atoms with van der Waals surface area (Å²) in [5.41, 5.74) is -0.560. The largest absolute Gasteiger partial charge is 0.444 e. The predicted octanol–water partition coefficient (Wildman–Crippen LogP) is 4.90. The number of nitrogens with one attached hydrogen (secondary N) is 3. The first-order valence-corrected chi connectivity index (χ1v) is 15.8. The third-order valence-corrected chi connectivity index (χ3v) is 8.27. The molecule has 1 saturated heterocycles. The van der Waals surface area contributed by atoms with E-state index in [1.165, 1.54) is 31.5 Å². The number of para-hydroxylation sites is 1. The fourth-order valence-electron chi connectivity index (χ4n) is 4.96. The first-order chi connectivity index (χ1) is 20.7. The van der Waals surface area contributed by atoms with Crippen LogP contribution in [0.1, 0.15) is 59.9 Å². The quantitative estimate of drug-likeness (QED) is 0.361. The van der Waals surface area contributed by atoms with E-state index in [2.05, 4.69) is 27.9 Å². The lowest BCUT2D eigenvalue weighted by Gasteiger charge is -2.34. The lowest BCUT2D eigenvalue weighted by molar-refractivity contribution is -0.131. The lowest BCUT2D eigenvalue weighted by Crippen LogP contribution is -2.59. The molecule has 2 aliphatic heterocycles. The van der Waals surface area contributed by atoms with Crippen molar-refractivity contribution >= 4 is 47.3 Å². The number of thiophene rings is 1. The molecule has 11 nitrogen and oxygen atoms in total. The van der Waals surface area contributed by atoms with Gasteiger partial charge in [-0.05, 0) is 75.8 Å². The Morgan fingerprint density at radius 2 is 1.75 bits per heavy atom. The zero-order valence-electron chi connectivity index (χ0n) is 26.3. The fraction of sp³-hybridized carbons (Fsp3) is 0.469. The SMILES string of the molecule is CC1CCN(C(=O)[N+]2(c3ccccc3)C=NC(NC(=O)[C@@H](Cc3ccsc3)NC(=O)C(C)(C)NC(=O)OC(C)(C)C)=C2)CC1. The maximum absolute atomic E-state index is 14.0. The van der Waals surface area contributed by atoms with Crippen LogP contribution in [0, 0.1) is 5.92 Å². The van der Waals surface area contributed by atoms with E-state index in [0.29, 0.717) is 24.7 Å². The van der Waals surface area contributed by atoms with Gasteiger partial charge in [-0.25, -0.2) is 9.59 Å². The normalized spacial score (nSPS) is 19.6. The van der Waals surface area contributed by atoms with Crippen LogP contribution >= 0.6 is 11.3 Å². The number of nitrogens with zero attached hydrogens (tertiary/aromatic N) is 3. The molecule has 0 radical (unpaired) electrons. The van der Waals surface area contributed by atoms with Gasteiger partial charge in [-0.15, -0.1) is 4.48 Å². The first-order valence-electron chi connectivity index (χ1n) is 14.8. The van der Waals surface area contributed by atoms with Crippen LogP contribution in [-0.2, 0) is 20.7 Å². The number of aliphatic imine (C=N–C) groups is 1. The number of benzene rings is 1. The molecular formula is C32H43N6O5S+. The van der Waals surface area contributed by atoms with Gasteiger partial charge < -0.3 is 20.7 Å². The van der Waals surface area contributed by atoms with Gasteiger partial charge in [-0.2, -0.15) is 16.3 Å². The number of quaternary nitrogens is 1. The molecule has 4 rings (SSSR count). The summed E-state index contributed by atoms with van der Waals surface area (Å²) in [7, 11) is 0. The molecule has 1 aromatic heterocycles. The number of hydrogen-bond acceptors (Lipinski definition) is 7. The summed E-state index contributed by atoms with van der Waals surface area (Å²) in [5, 5.41) is 12.0. The molecule has 2 aromatic rings. The van der Waals surface area contributed by atoms with E-state index >= 15 is 0 Å². The van der Waals surface area contributed by atoms with Gasteiger partial charge in [0.15, 0.2) is 17.7 Å². The van der Waals surface area contributed by atoms with Crippen LogP contribution < -0.4 is 20.4 Å². The van der Waals surface area contributed by atoms with E-state index in [-0.39, 0.29) is 22.8 Å². The van der Waals surface area contributed by atoms with E-state index in [1.54, 1.807) is 27.0 Å². The number of alkyl carbamates (subject to hydrolysis) is 1. The Hall–Kier alpha value is -4.03. The average molecular weight is 624 g/mol. The molecule has 2 atom stereocenters. The highest BCUT2D eigenvalue weighted by molar-refractivity contribution is 7.07. The van der Waals surface area contributed by atoms with Crippen molar-refractivity contribution in [2.75, 3.05) is 13.1 Å². The van der Waals surface area contributed by atoms with Crippen LogP contribution in [0.25, 0.3) is 0 Å². The minimum Gasteiger partial charge on any atom is -0.444 e. The topological polar surface area (TPSA) is 129 Å². The number of urea groups is 1. The predicted molar refractivity (Wildman–Crippen MR) is 172 cm³/mol. The van der Waals surface area contributed by atoms with Gasteiger partial charge in [0.2, 0.25) is 18.2 Å². The van der Waals surface area contributed by atoms with Crippen molar-refractivity contribution in [3.8, 4) is 0 Å². The zero-order valence-corrected chi connectivity index (χ0v) is 27.1. The Labute approximate surface area is 262 Å². The second-order valence-electron chi connectivity index (χ2n) is 12.9. The van der Waals surface area contributed by atoms with Crippen molar-refractivity contribution in [1.29, 1.82) is 0 Å². The van der Waals surface area contributed by atoms with E-state index in [9.17, 15) is 19.2 Å². The molecule has 1 fully saturated rings. The van der Waals surface area contributed by atoms with E-state index in [4.69, 9.17) is 4.74 Å². The molecule has 2 aliphatic rings. The van der Waals surface area contributed by atoms with E-state index < -0.39 is 35.1 Å². The van der Waals surface area contributed by atoms with Crippen molar-refractivity contribution in [2.45, 2.75) is 78.0 Å². The summed E-state index contributed by atoms with van der Waals surface area (Å²) in [6, 6.07) is 10.1.